The van der Waals surface area contributed by atoms with Gasteiger partial charge in [0.05, 0.1) is 11.6 Å². The van der Waals surface area contributed by atoms with Gasteiger partial charge >= 0.3 is 5.97 Å². The Labute approximate surface area is 134 Å². The second-order valence-electron chi connectivity index (χ2n) is 5.07. The van der Waals surface area contributed by atoms with E-state index in [-0.39, 0.29) is 19.2 Å². The number of carbonyl (C=O) groups excluding carboxylic acids is 1. The van der Waals surface area contributed by atoms with Crippen LogP contribution in [0.2, 0.25) is 0 Å². The quantitative estimate of drug-likeness (QED) is 0.627. The van der Waals surface area contributed by atoms with E-state index in [0.717, 1.165) is 11.3 Å². The Morgan fingerprint density at radius 1 is 1.17 bits per heavy atom. The molecule has 116 valence electrons. The van der Waals surface area contributed by atoms with Crippen LogP contribution in [0.15, 0.2) is 48.5 Å². The lowest BCUT2D eigenvalue weighted by Crippen LogP contribution is -2.28. The highest BCUT2D eigenvalue weighted by Gasteiger charge is 2.29. The number of para-hydroxylation sites is 1. The van der Waals surface area contributed by atoms with Crippen molar-refractivity contribution in [1.29, 1.82) is 5.26 Å². The summed E-state index contributed by atoms with van der Waals surface area (Å²) in [7, 11) is 0. The van der Waals surface area contributed by atoms with Gasteiger partial charge in [-0.15, -0.1) is 0 Å². The average Bonchev–Trinajstić information content (AvgIpc) is 3.03. The number of nitriles is 1. The topological polar surface area (TPSA) is 68.5 Å². The molecule has 5 heteroatoms. The minimum absolute atomic E-state index is 0.148. The number of hydrogen-bond donors (Lipinski definition) is 0. The lowest BCUT2D eigenvalue weighted by molar-refractivity contribution is -0.151. The Morgan fingerprint density at radius 3 is 2.70 bits per heavy atom. The summed E-state index contributed by atoms with van der Waals surface area (Å²) in [5, 5.41) is 8.71. The average molecular weight is 309 g/mol. The molecule has 5 nitrogen and oxygen atoms in total. The number of hydrogen-bond acceptors (Lipinski definition) is 5. The molecule has 2 aromatic carbocycles. The Bertz CT molecular complexity index is 708. The van der Waals surface area contributed by atoms with Crippen LogP contribution in [0.5, 0.6) is 11.5 Å². The third kappa shape index (κ3) is 3.61. The maximum Gasteiger partial charge on any atom is 0.347 e. The fourth-order valence-corrected chi connectivity index (χ4v) is 2.33. The van der Waals surface area contributed by atoms with Crippen LogP contribution in [-0.2, 0) is 16.0 Å². The number of nitrogens with zero attached hydrogens (tertiary/aromatic N) is 1. The molecule has 0 saturated heterocycles. The van der Waals surface area contributed by atoms with Gasteiger partial charge in [-0.2, -0.15) is 5.26 Å². The third-order valence-electron chi connectivity index (χ3n) is 3.49. The smallest absolute Gasteiger partial charge is 0.347 e. The summed E-state index contributed by atoms with van der Waals surface area (Å²) in [4.78, 5) is 12.0. The molecule has 1 atom stereocenters. The fraction of sp³-hybridized carbons (Fsp3) is 0.222. The largest absolute Gasteiger partial charge is 0.490 e. The SMILES string of the molecule is N#Cc1ccc(OCCOC(=O)C2Cc3ccccc3O2)cc1. The number of esters is 1. The zero-order chi connectivity index (χ0) is 16.1. The van der Waals surface area contributed by atoms with E-state index in [1.54, 1.807) is 24.3 Å². The molecule has 1 heterocycles. The van der Waals surface area contributed by atoms with Crippen molar-refractivity contribution in [1.82, 2.24) is 0 Å². The zero-order valence-electron chi connectivity index (χ0n) is 12.4. The predicted molar refractivity (Wildman–Crippen MR) is 82.2 cm³/mol. The van der Waals surface area contributed by atoms with Crippen LogP contribution in [-0.4, -0.2) is 25.3 Å². The summed E-state index contributed by atoms with van der Waals surface area (Å²) in [5.41, 5.74) is 1.59. The van der Waals surface area contributed by atoms with Gasteiger partial charge in [-0.1, -0.05) is 18.2 Å². The van der Waals surface area contributed by atoms with Gasteiger partial charge in [0, 0.05) is 6.42 Å². The zero-order valence-corrected chi connectivity index (χ0v) is 12.4. The maximum absolute atomic E-state index is 12.0. The van der Waals surface area contributed by atoms with Gasteiger partial charge in [0.15, 0.2) is 6.10 Å². The monoisotopic (exact) mass is 309 g/mol. The highest BCUT2D eigenvalue weighted by atomic mass is 16.6. The second kappa shape index (κ2) is 6.84. The summed E-state index contributed by atoms with van der Waals surface area (Å²) in [6.07, 6.45) is -0.0480. The molecular formula is C18H15NO4. The van der Waals surface area contributed by atoms with Crippen molar-refractivity contribution in [3.63, 3.8) is 0 Å². The van der Waals surface area contributed by atoms with E-state index in [1.165, 1.54) is 0 Å². The minimum atomic E-state index is -0.581. The molecule has 1 aliphatic heterocycles. The number of rotatable bonds is 5. The molecule has 0 radical (unpaired) electrons. The van der Waals surface area contributed by atoms with Crippen molar-refractivity contribution in [2.24, 2.45) is 0 Å². The van der Waals surface area contributed by atoms with E-state index in [9.17, 15) is 4.79 Å². The molecule has 3 rings (SSSR count). The van der Waals surface area contributed by atoms with Crippen molar-refractivity contribution in [2.75, 3.05) is 13.2 Å². The Morgan fingerprint density at radius 2 is 1.96 bits per heavy atom. The Hall–Kier alpha value is -3.00. The van der Waals surface area contributed by atoms with E-state index in [0.29, 0.717) is 17.7 Å². The lowest BCUT2D eigenvalue weighted by Gasteiger charge is -2.11. The normalized spacial score (nSPS) is 15.2. The van der Waals surface area contributed by atoms with Gasteiger partial charge in [-0.05, 0) is 35.9 Å². The van der Waals surface area contributed by atoms with Crippen molar-refractivity contribution >= 4 is 5.97 Å². The second-order valence-corrected chi connectivity index (χ2v) is 5.07. The van der Waals surface area contributed by atoms with Crippen LogP contribution >= 0.6 is 0 Å². The van der Waals surface area contributed by atoms with Crippen LogP contribution in [0.3, 0.4) is 0 Å². The van der Waals surface area contributed by atoms with Crippen molar-refractivity contribution in [2.45, 2.75) is 12.5 Å². The van der Waals surface area contributed by atoms with E-state index in [4.69, 9.17) is 19.5 Å². The molecule has 0 aliphatic carbocycles. The van der Waals surface area contributed by atoms with Gasteiger partial charge < -0.3 is 14.2 Å². The maximum atomic E-state index is 12.0. The highest BCUT2D eigenvalue weighted by Crippen LogP contribution is 2.28. The van der Waals surface area contributed by atoms with Crippen LogP contribution in [0.25, 0.3) is 0 Å². The number of ether oxygens (including phenoxy) is 3. The van der Waals surface area contributed by atoms with Crippen molar-refractivity contribution in [3.8, 4) is 17.6 Å². The van der Waals surface area contributed by atoms with Crippen LogP contribution < -0.4 is 9.47 Å². The first-order valence-corrected chi connectivity index (χ1v) is 7.30. The molecule has 0 N–H and O–H groups in total. The Kier molecular flexibility index (Phi) is 4.44. The lowest BCUT2D eigenvalue weighted by atomic mass is 10.1. The molecule has 0 amide bonds. The van der Waals surface area contributed by atoms with Crippen molar-refractivity contribution < 1.29 is 19.0 Å². The summed E-state index contributed by atoms with van der Waals surface area (Å²) < 4.78 is 16.2. The van der Waals surface area contributed by atoms with Gasteiger partial charge in [0.25, 0.3) is 0 Å². The van der Waals surface area contributed by atoms with Gasteiger partial charge in [0.2, 0.25) is 0 Å². The number of benzene rings is 2. The number of carbonyl (C=O) groups is 1. The first-order chi connectivity index (χ1) is 11.3. The van der Waals surface area contributed by atoms with Crippen LogP contribution in [0.1, 0.15) is 11.1 Å². The fourth-order valence-electron chi connectivity index (χ4n) is 2.33. The first kappa shape index (κ1) is 14.9. The third-order valence-corrected chi connectivity index (χ3v) is 3.49. The molecular weight excluding hydrogens is 294 g/mol. The summed E-state index contributed by atoms with van der Waals surface area (Å²) >= 11 is 0. The standard InChI is InChI=1S/C18H15NO4/c19-12-13-5-7-15(8-6-13)21-9-10-22-18(20)17-11-14-3-1-2-4-16(14)23-17/h1-8,17H,9-11H2. The number of fused-ring (bicyclic) bond motifs is 1. The molecule has 23 heavy (non-hydrogen) atoms. The molecule has 2 aromatic rings. The summed E-state index contributed by atoms with van der Waals surface area (Å²) in [5.74, 6) is 0.984. The van der Waals surface area contributed by atoms with Crippen molar-refractivity contribution in [3.05, 3.63) is 59.7 Å². The van der Waals surface area contributed by atoms with Gasteiger partial charge in [-0.3, -0.25) is 0 Å². The van der Waals surface area contributed by atoms with E-state index >= 15 is 0 Å². The molecule has 0 fully saturated rings. The van der Waals surface area contributed by atoms with E-state index in [1.807, 2.05) is 30.3 Å². The summed E-state index contributed by atoms with van der Waals surface area (Å²) in [6.45, 7) is 0.395. The summed E-state index contributed by atoms with van der Waals surface area (Å²) in [6, 6.07) is 16.4. The Balaban J connectivity index is 1.41. The van der Waals surface area contributed by atoms with E-state index < -0.39 is 6.10 Å². The van der Waals surface area contributed by atoms with Gasteiger partial charge in [0.1, 0.15) is 24.7 Å². The molecule has 1 aliphatic rings. The molecule has 0 spiro atoms. The highest BCUT2D eigenvalue weighted by molar-refractivity contribution is 5.76. The predicted octanol–water partition coefficient (Wildman–Crippen LogP) is 2.48. The van der Waals surface area contributed by atoms with E-state index in [2.05, 4.69) is 0 Å². The molecule has 1 unspecified atom stereocenters. The molecule has 0 aromatic heterocycles. The molecule has 0 saturated carbocycles. The van der Waals surface area contributed by atoms with Crippen LogP contribution in [0, 0.1) is 11.3 Å². The van der Waals surface area contributed by atoms with Gasteiger partial charge in [-0.25, -0.2) is 4.79 Å². The first-order valence-electron chi connectivity index (χ1n) is 7.30. The molecule has 0 bridgehead atoms. The minimum Gasteiger partial charge on any atom is -0.490 e. The van der Waals surface area contributed by atoms with Crippen LogP contribution in [0.4, 0.5) is 0 Å².